The van der Waals surface area contributed by atoms with Gasteiger partial charge in [-0.15, -0.1) is 0 Å². The summed E-state index contributed by atoms with van der Waals surface area (Å²) < 4.78 is 11.8. The Balaban J connectivity index is 0.000000122. The molecule has 4 aliphatic heterocycles. The highest BCUT2D eigenvalue weighted by molar-refractivity contribution is 5.02. The fourth-order valence-corrected chi connectivity index (χ4v) is 7.14. The van der Waals surface area contributed by atoms with E-state index >= 15 is 0 Å². The normalized spacial score (nSPS) is 26.1. The van der Waals surface area contributed by atoms with Gasteiger partial charge in [-0.05, 0) is 24.3 Å². The van der Waals surface area contributed by atoms with Crippen molar-refractivity contribution < 1.29 is 27.2 Å². The van der Waals surface area contributed by atoms with E-state index in [-0.39, 0.29) is 0 Å². The highest BCUT2D eigenvalue weighted by Gasteiger charge is 2.63. The van der Waals surface area contributed by atoms with Gasteiger partial charge in [0.1, 0.15) is 0 Å². The number of unbranched alkanes of at least 4 members (excludes halogenated alkanes) is 2. The third kappa shape index (κ3) is 4.46. The van der Waals surface area contributed by atoms with Crippen molar-refractivity contribution >= 4 is 0 Å². The molecule has 0 unspecified atom stereocenters. The van der Waals surface area contributed by atoms with Crippen LogP contribution in [-0.4, -0.2) is 23.1 Å². The fraction of sp³-hybridized carbons (Fsp3) is 0.394. The summed E-state index contributed by atoms with van der Waals surface area (Å²) in [5.74, 6) is 0. The van der Waals surface area contributed by atoms with Gasteiger partial charge in [0.25, 0.3) is 0 Å². The summed E-state index contributed by atoms with van der Waals surface area (Å²) in [7, 11) is 4.70. The second-order valence-corrected chi connectivity index (χ2v) is 12.0. The van der Waals surface area contributed by atoms with Crippen molar-refractivity contribution in [3.05, 3.63) is 120 Å². The Hall–Kier alpha value is -3.48. The van der Waals surface area contributed by atoms with Gasteiger partial charge in [0.15, 0.2) is 51.0 Å². The molecule has 4 aromatic heterocycles. The van der Waals surface area contributed by atoms with Gasteiger partial charge in [-0.25, -0.2) is 0 Å². The molecule has 0 atom stereocenters. The maximum atomic E-state index is 2.41. The number of quaternary nitrogens is 2. The molecule has 0 saturated carbocycles. The largest absolute Gasteiger partial charge is 0.484 e. The summed E-state index contributed by atoms with van der Waals surface area (Å²) in [5.41, 5.74) is 5.73. The van der Waals surface area contributed by atoms with Crippen molar-refractivity contribution in [2.24, 2.45) is 0 Å². The lowest BCUT2D eigenvalue weighted by Gasteiger charge is -2.17. The molecule has 0 bridgehead atoms. The Morgan fingerprint density at radius 1 is 0.513 bits per heavy atom. The highest BCUT2D eigenvalue weighted by Crippen LogP contribution is 2.32. The van der Waals surface area contributed by atoms with Gasteiger partial charge in [-0.1, -0.05) is 51.4 Å². The van der Waals surface area contributed by atoms with E-state index in [0.717, 1.165) is 35.1 Å². The van der Waals surface area contributed by atoms with Crippen LogP contribution in [-0.2, 0) is 26.2 Å². The Morgan fingerprint density at radius 2 is 0.795 bits per heavy atom. The summed E-state index contributed by atoms with van der Waals surface area (Å²) in [5, 5.41) is 0. The number of rotatable bonds is 2. The maximum Gasteiger partial charge on any atom is 0.484 e. The van der Waals surface area contributed by atoms with Crippen molar-refractivity contribution in [1.82, 2.24) is 0 Å². The van der Waals surface area contributed by atoms with E-state index in [1.807, 2.05) is 0 Å². The molecule has 0 radical (unpaired) electrons. The van der Waals surface area contributed by atoms with E-state index in [1.54, 1.807) is 0 Å². The SMILES string of the molecule is CCCCC.C[N+]12Cc3cccc[n+]3C1[n+]1ccccc1C2.C[N+]12Cc3cccc[n+]3C1[n+]1ccccc1C2. The van der Waals surface area contributed by atoms with Crippen LogP contribution < -0.4 is 18.3 Å². The Bertz CT molecular complexity index is 1270. The second kappa shape index (κ2) is 10.2. The minimum atomic E-state index is 0.405. The molecule has 39 heavy (non-hydrogen) atoms. The first-order valence-electron chi connectivity index (χ1n) is 14.6. The van der Waals surface area contributed by atoms with Crippen LogP contribution in [0.5, 0.6) is 0 Å². The van der Waals surface area contributed by atoms with Crippen molar-refractivity contribution in [2.75, 3.05) is 14.1 Å². The van der Waals surface area contributed by atoms with Gasteiger partial charge in [-0.2, -0.15) is 8.97 Å². The van der Waals surface area contributed by atoms with Crippen LogP contribution in [0.2, 0.25) is 0 Å². The monoisotopic (exact) mass is 524 g/mol. The van der Waals surface area contributed by atoms with E-state index in [4.69, 9.17) is 0 Å². The Kier molecular flexibility index (Phi) is 6.77. The molecule has 4 aromatic rings. The van der Waals surface area contributed by atoms with Gasteiger partial charge in [0.2, 0.25) is 22.8 Å². The molecule has 0 aliphatic carbocycles. The zero-order valence-electron chi connectivity index (χ0n) is 24.0. The van der Waals surface area contributed by atoms with E-state index in [0.29, 0.717) is 12.6 Å². The van der Waals surface area contributed by atoms with Gasteiger partial charge < -0.3 is 0 Å². The molecular weight excluding hydrogens is 480 g/mol. The molecule has 8 heterocycles. The molecule has 0 saturated heterocycles. The smallest absolute Gasteiger partial charge is 0.189 e. The summed E-state index contributed by atoms with van der Waals surface area (Å²) in [6.07, 6.45) is 13.7. The summed E-state index contributed by atoms with van der Waals surface area (Å²) in [6.45, 7) is 8.90. The molecule has 0 spiro atoms. The topological polar surface area (TPSA) is 15.5 Å². The van der Waals surface area contributed by atoms with E-state index in [2.05, 4.69) is 144 Å². The van der Waals surface area contributed by atoms with Gasteiger partial charge in [0.05, 0.1) is 14.1 Å². The zero-order chi connectivity index (χ0) is 27.0. The molecule has 0 N–H and O–H groups in total. The van der Waals surface area contributed by atoms with Crippen molar-refractivity contribution in [2.45, 2.75) is 71.9 Å². The minimum absolute atomic E-state index is 0.405. The molecule has 8 rings (SSSR count). The van der Waals surface area contributed by atoms with Crippen molar-refractivity contribution in [3.8, 4) is 0 Å². The lowest BCUT2D eigenvalue weighted by Crippen LogP contribution is -2.61. The van der Waals surface area contributed by atoms with Crippen LogP contribution in [0.3, 0.4) is 0 Å². The molecule has 0 aromatic carbocycles. The predicted octanol–water partition coefficient (Wildman–Crippen LogP) is 3.68. The molecule has 0 amide bonds. The minimum Gasteiger partial charge on any atom is -0.189 e. The second-order valence-electron chi connectivity index (χ2n) is 12.0. The van der Waals surface area contributed by atoms with E-state index in [9.17, 15) is 0 Å². The van der Waals surface area contributed by atoms with E-state index < -0.39 is 0 Å². The third-order valence-corrected chi connectivity index (χ3v) is 8.82. The highest BCUT2D eigenvalue weighted by atomic mass is 15.6. The Labute approximate surface area is 233 Å². The number of aromatic nitrogens is 4. The standard InChI is InChI=1S/2C14H16N3.C5H12/c2*1-17-10-12-6-2-4-8-15(12)14(17)16-9-5-3-7-13(16)11-17;1-3-5-4-2/h2*2-9,14H,10-11H2,1H3;3-5H2,1-2H3/q2*+3;. The molecule has 4 aliphatic rings. The quantitative estimate of drug-likeness (QED) is 0.281. The number of pyridine rings is 4. The average Bonchev–Trinajstić information content (AvgIpc) is 3.59. The lowest BCUT2D eigenvalue weighted by molar-refractivity contribution is -1.15. The van der Waals surface area contributed by atoms with Gasteiger partial charge in [-0.3, -0.25) is 0 Å². The summed E-state index contributed by atoms with van der Waals surface area (Å²) >= 11 is 0. The van der Waals surface area contributed by atoms with Crippen LogP contribution in [0, 0.1) is 0 Å². The van der Waals surface area contributed by atoms with Gasteiger partial charge in [0, 0.05) is 48.5 Å². The molecule has 6 heteroatoms. The number of hydrogen-bond acceptors (Lipinski definition) is 0. The summed E-state index contributed by atoms with van der Waals surface area (Å²) in [4.78, 5) is 0. The van der Waals surface area contributed by atoms with Crippen LogP contribution in [0.25, 0.3) is 0 Å². The average molecular weight is 525 g/mol. The van der Waals surface area contributed by atoms with Crippen LogP contribution in [0.1, 0.15) is 68.5 Å². The zero-order valence-corrected chi connectivity index (χ0v) is 24.0. The lowest BCUT2D eigenvalue weighted by atomic mass is 10.3. The van der Waals surface area contributed by atoms with Crippen molar-refractivity contribution in [3.63, 3.8) is 0 Å². The summed E-state index contributed by atoms with van der Waals surface area (Å²) in [6, 6.07) is 26.0. The first-order chi connectivity index (χ1) is 19.0. The fourth-order valence-electron chi connectivity index (χ4n) is 7.14. The number of nitrogens with zero attached hydrogens (tertiary/aromatic N) is 6. The van der Waals surface area contributed by atoms with Gasteiger partial charge >= 0.3 is 12.6 Å². The number of fused-ring (bicyclic) bond motifs is 10. The first kappa shape index (κ1) is 25.8. The Morgan fingerprint density at radius 3 is 1.03 bits per heavy atom. The van der Waals surface area contributed by atoms with Crippen molar-refractivity contribution in [1.29, 1.82) is 0 Å². The van der Waals surface area contributed by atoms with Crippen LogP contribution in [0.4, 0.5) is 0 Å². The first-order valence-corrected chi connectivity index (χ1v) is 14.6. The van der Waals surface area contributed by atoms with Crippen LogP contribution in [0.15, 0.2) is 97.6 Å². The molecule has 200 valence electrons. The number of hydrogen-bond donors (Lipinski definition) is 0. The maximum absolute atomic E-state index is 2.41. The third-order valence-electron chi connectivity index (χ3n) is 8.82. The predicted molar refractivity (Wildman–Crippen MR) is 148 cm³/mol. The molecule has 6 nitrogen and oxygen atoms in total. The van der Waals surface area contributed by atoms with Crippen LogP contribution >= 0.6 is 0 Å². The molecular formula is C33H44N6+6. The van der Waals surface area contributed by atoms with E-state index in [1.165, 1.54) is 42.0 Å². The molecule has 0 fully saturated rings.